The molecule has 7 heteroatoms. The molecule has 1 aliphatic heterocycles. The summed E-state index contributed by atoms with van der Waals surface area (Å²) in [5.41, 5.74) is 0.0789. The molecule has 0 unspecified atom stereocenters. The van der Waals surface area contributed by atoms with E-state index in [0.29, 0.717) is 29.6 Å². The molecule has 1 amide bonds. The van der Waals surface area contributed by atoms with E-state index in [0.717, 1.165) is 0 Å². The number of carbonyl (C=O) groups excluding carboxylic acids is 2. The van der Waals surface area contributed by atoms with Crippen molar-refractivity contribution in [3.63, 3.8) is 0 Å². The highest BCUT2D eigenvalue weighted by Gasteiger charge is 2.37. The molecule has 0 aliphatic carbocycles. The second-order valence-corrected chi connectivity index (χ2v) is 7.54. The molecular weight excluding hydrogens is 380 g/mol. The van der Waals surface area contributed by atoms with Gasteiger partial charge in [0.15, 0.2) is 5.88 Å². The lowest BCUT2D eigenvalue weighted by Crippen LogP contribution is -2.58. The number of nitrogens with zero attached hydrogens (tertiary/aromatic N) is 2. The van der Waals surface area contributed by atoms with Gasteiger partial charge in [-0.05, 0) is 51.6 Å². The summed E-state index contributed by atoms with van der Waals surface area (Å²) in [4.78, 5) is 28.5. The van der Waals surface area contributed by atoms with Crippen molar-refractivity contribution in [3.05, 3.63) is 47.3 Å². The van der Waals surface area contributed by atoms with Crippen LogP contribution in [0, 0.1) is 0 Å². The van der Waals surface area contributed by atoms with E-state index in [4.69, 9.17) is 21.1 Å². The van der Waals surface area contributed by atoms with Crippen molar-refractivity contribution >= 4 is 23.5 Å². The second-order valence-electron chi connectivity index (χ2n) is 7.10. The lowest BCUT2D eigenvalue weighted by atomic mass is 10.1. The number of piperazine rings is 1. The Kier molecular flexibility index (Phi) is 8.82. The molecule has 0 spiro atoms. The van der Waals surface area contributed by atoms with Crippen LogP contribution in [0.5, 0.6) is 0 Å². The van der Waals surface area contributed by atoms with Crippen molar-refractivity contribution in [3.8, 4) is 0 Å². The SMILES string of the molecule is C=C(OC(C)(C)C)N1CCN(C(=O)c2ccc(Cl)cc2)[C@@H](C(=O)OC)C1.CC. The van der Waals surface area contributed by atoms with Gasteiger partial charge in [-0.2, -0.15) is 0 Å². The van der Waals surface area contributed by atoms with E-state index in [2.05, 4.69) is 6.58 Å². The van der Waals surface area contributed by atoms with Gasteiger partial charge in [0.2, 0.25) is 0 Å². The van der Waals surface area contributed by atoms with E-state index in [9.17, 15) is 9.59 Å². The van der Waals surface area contributed by atoms with Gasteiger partial charge >= 0.3 is 5.97 Å². The number of rotatable bonds is 4. The minimum atomic E-state index is -0.739. The molecule has 0 saturated carbocycles. The van der Waals surface area contributed by atoms with E-state index in [1.807, 2.05) is 39.5 Å². The molecule has 0 radical (unpaired) electrons. The molecule has 1 aliphatic rings. The number of carbonyl (C=O) groups is 2. The standard InChI is InChI=1S/C19H25ClN2O4.C2H6/c1-13(26-19(2,3)4)21-10-11-22(16(12-21)18(24)25-5)17(23)14-6-8-15(20)9-7-14;1-2/h6-9,16H,1,10-12H2,2-5H3;1-2H3/t16-;/m1./s1. The normalized spacial score (nSPS) is 16.6. The number of esters is 1. The Hall–Kier alpha value is -2.21. The van der Waals surface area contributed by atoms with Gasteiger partial charge in [0.25, 0.3) is 5.91 Å². The van der Waals surface area contributed by atoms with Crippen LogP contribution in [0.25, 0.3) is 0 Å². The number of amides is 1. The van der Waals surface area contributed by atoms with Gasteiger partial charge in [-0.3, -0.25) is 4.79 Å². The Labute approximate surface area is 173 Å². The fourth-order valence-electron chi connectivity index (χ4n) is 2.77. The number of ether oxygens (including phenoxy) is 2. The summed E-state index contributed by atoms with van der Waals surface area (Å²) in [6.45, 7) is 14.9. The van der Waals surface area contributed by atoms with Crippen LogP contribution >= 0.6 is 11.6 Å². The van der Waals surface area contributed by atoms with Crippen molar-refractivity contribution in [1.82, 2.24) is 9.80 Å². The Morgan fingerprint density at radius 1 is 1.14 bits per heavy atom. The van der Waals surface area contributed by atoms with Crippen LogP contribution in [0.1, 0.15) is 45.0 Å². The van der Waals surface area contributed by atoms with Crippen molar-refractivity contribution in [2.24, 2.45) is 0 Å². The highest BCUT2D eigenvalue weighted by Crippen LogP contribution is 2.22. The first kappa shape index (κ1) is 23.8. The first-order chi connectivity index (χ1) is 13.1. The Bertz CT molecular complexity index is 683. The van der Waals surface area contributed by atoms with E-state index in [-0.39, 0.29) is 12.5 Å². The minimum absolute atomic E-state index is 0.237. The molecular formula is C21H31ClN2O4. The first-order valence-electron chi connectivity index (χ1n) is 9.39. The number of hydrogen-bond acceptors (Lipinski definition) is 5. The van der Waals surface area contributed by atoms with E-state index in [1.165, 1.54) is 12.0 Å². The second kappa shape index (κ2) is 10.4. The van der Waals surface area contributed by atoms with Gasteiger partial charge in [0.1, 0.15) is 11.6 Å². The molecule has 1 saturated heterocycles. The predicted octanol–water partition coefficient (Wildman–Crippen LogP) is 3.95. The van der Waals surface area contributed by atoms with Crippen LogP contribution in [0.15, 0.2) is 36.7 Å². The maximum atomic E-state index is 12.9. The molecule has 6 nitrogen and oxygen atoms in total. The Morgan fingerprint density at radius 3 is 2.21 bits per heavy atom. The van der Waals surface area contributed by atoms with Crippen LogP contribution in [0.2, 0.25) is 5.02 Å². The maximum Gasteiger partial charge on any atom is 0.330 e. The van der Waals surface area contributed by atoms with Crippen LogP contribution in [0.3, 0.4) is 0 Å². The third-order valence-corrected chi connectivity index (χ3v) is 4.23. The van der Waals surface area contributed by atoms with Crippen molar-refractivity contribution in [2.75, 3.05) is 26.7 Å². The van der Waals surface area contributed by atoms with Crippen LogP contribution < -0.4 is 0 Å². The van der Waals surface area contributed by atoms with E-state index in [1.54, 1.807) is 24.3 Å². The fraction of sp³-hybridized carbons (Fsp3) is 0.524. The van der Waals surface area contributed by atoms with Gasteiger partial charge in [0.05, 0.1) is 13.7 Å². The van der Waals surface area contributed by atoms with E-state index >= 15 is 0 Å². The highest BCUT2D eigenvalue weighted by atomic mass is 35.5. The van der Waals surface area contributed by atoms with Gasteiger partial charge in [-0.15, -0.1) is 0 Å². The maximum absolute atomic E-state index is 12.9. The number of hydrogen-bond donors (Lipinski definition) is 0. The van der Waals surface area contributed by atoms with Crippen LogP contribution in [0.4, 0.5) is 0 Å². The van der Waals surface area contributed by atoms with Gasteiger partial charge in [-0.25, -0.2) is 4.79 Å². The lowest BCUT2D eigenvalue weighted by molar-refractivity contribution is -0.148. The van der Waals surface area contributed by atoms with Gasteiger partial charge in [-0.1, -0.05) is 25.4 Å². The summed E-state index contributed by atoms with van der Waals surface area (Å²) in [5, 5.41) is 0.548. The summed E-state index contributed by atoms with van der Waals surface area (Å²) < 4.78 is 10.7. The average molecular weight is 411 g/mol. The smallest absolute Gasteiger partial charge is 0.330 e. The van der Waals surface area contributed by atoms with Crippen molar-refractivity contribution in [1.29, 1.82) is 0 Å². The molecule has 1 heterocycles. The zero-order chi connectivity index (χ0) is 21.5. The Morgan fingerprint density at radius 2 is 1.71 bits per heavy atom. The number of benzene rings is 1. The van der Waals surface area contributed by atoms with Crippen molar-refractivity contribution < 1.29 is 19.1 Å². The molecule has 0 N–H and O–H groups in total. The monoisotopic (exact) mass is 410 g/mol. The molecule has 156 valence electrons. The topological polar surface area (TPSA) is 59.1 Å². The summed E-state index contributed by atoms with van der Waals surface area (Å²) in [6.07, 6.45) is 0. The summed E-state index contributed by atoms with van der Waals surface area (Å²) in [6, 6.07) is 5.85. The summed E-state index contributed by atoms with van der Waals surface area (Å²) >= 11 is 5.88. The van der Waals surface area contributed by atoms with Gasteiger partial charge in [0, 0.05) is 23.7 Å². The largest absolute Gasteiger partial charge is 0.474 e. The summed E-state index contributed by atoms with van der Waals surface area (Å²) in [7, 11) is 1.31. The molecule has 0 bridgehead atoms. The molecule has 28 heavy (non-hydrogen) atoms. The quantitative estimate of drug-likeness (QED) is 0.555. The zero-order valence-corrected chi connectivity index (χ0v) is 18.4. The molecule has 0 aromatic heterocycles. The van der Waals surface area contributed by atoms with Gasteiger partial charge < -0.3 is 19.3 Å². The lowest BCUT2D eigenvalue weighted by Gasteiger charge is -2.42. The van der Waals surface area contributed by atoms with Crippen molar-refractivity contribution in [2.45, 2.75) is 46.3 Å². The zero-order valence-electron chi connectivity index (χ0n) is 17.6. The number of methoxy groups -OCH3 is 1. The molecule has 2 rings (SSSR count). The van der Waals surface area contributed by atoms with Crippen LogP contribution in [-0.4, -0.2) is 60.1 Å². The molecule has 1 atom stereocenters. The molecule has 1 aromatic carbocycles. The Balaban J connectivity index is 0.00000190. The highest BCUT2D eigenvalue weighted by molar-refractivity contribution is 6.30. The molecule has 1 aromatic rings. The third kappa shape index (κ3) is 6.44. The van der Waals surface area contributed by atoms with Crippen LogP contribution in [-0.2, 0) is 14.3 Å². The first-order valence-corrected chi connectivity index (χ1v) is 9.77. The third-order valence-electron chi connectivity index (χ3n) is 3.98. The molecule has 1 fully saturated rings. The predicted molar refractivity (Wildman–Crippen MR) is 111 cm³/mol. The minimum Gasteiger partial charge on any atom is -0.474 e. The van der Waals surface area contributed by atoms with E-state index < -0.39 is 17.6 Å². The summed E-state index contributed by atoms with van der Waals surface area (Å²) in [5.74, 6) is -0.232. The number of halogens is 1. The fourth-order valence-corrected chi connectivity index (χ4v) is 2.89. The average Bonchev–Trinajstić information content (AvgIpc) is 2.67.